The van der Waals surface area contributed by atoms with Gasteiger partial charge in [0.1, 0.15) is 11.5 Å². The van der Waals surface area contributed by atoms with Crippen LogP contribution in [0.15, 0.2) is 36.5 Å². The zero-order valence-corrected chi connectivity index (χ0v) is 11.2. The van der Waals surface area contributed by atoms with Gasteiger partial charge in [0.2, 0.25) is 0 Å². The van der Waals surface area contributed by atoms with Crippen LogP contribution >= 0.6 is 0 Å². The lowest BCUT2D eigenvalue weighted by atomic mass is 10.2. The van der Waals surface area contributed by atoms with Crippen LogP contribution < -0.4 is 9.47 Å². The molecule has 1 atom stereocenters. The maximum Gasteiger partial charge on any atom is 0.197 e. The molecular weight excluding hydrogens is 230 g/mol. The quantitative estimate of drug-likeness (QED) is 0.724. The van der Waals surface area contributed by atoms with Crippen molar-refractivity contribution in [2.75, 3.05) is 21.2 Å². The summed E-state index contributed by atoms with van der Waals surface area (Å²) < 4.78 is 10.6. The van der Waals surface area contributed by atoms with E-state index < -0.39 is 6.10 Å². The second-order valence-electron chi connectivity index (χ2n) is 4.12. The largest absolute Gasteiger partial charge is 0.497 e. The van der Waals surface area contributed by atoms with E-state index in [1.807, 2.05) is 26.2 Å². The number of carbonyl (C=O) groups excluding carboxylic acids is 1. The molecule has 1 rings (SSSR count). The summed E-state index contributed by atoms with van der Waals surface area (Å²) in [6.07, 6.45) is 2.69. The lowest BCUT2D eigenvalue weighted by molar-refractivity contribution is -0.120. The van der Waals surface area contributed by atoms with Crippen LogP contribution in [0.5, 0.6) is 11.5 Å². The summed E-state index contributed by atoms with van der Waals surface area (Å²) in [4.78, 5) is 13.5. The Balaban J connectivity index is 2.63. The molecule has 0 amide bonds. The summed E-state index contributed by atoms with van der Waals surface area (Å²) in [5, 5.41) is 0. The van der Waals surface area contributed by atoms with E-state index in [2.05, 4.69) is 0 Å². The first-order valence-corrected chi connectivity index (χ1v) is 5.72. The summed E-state index contributed by atoms with van der Waals surface area (Å²) in [7, 11) is 5.31. The molecule has 98 valence electrons. The summed E-state index contributed by atoms with van der Waals surface area (Å²) in [5.41, 5.74) is 0. The number of nitrogens with zero attached hydrogens (tertiary/aromatic N) is 1. The third-order valence-corrected chi connectivity index (χ3v) is 2.29. The fraction of sp³-hybridized carbons (Fsp3) is 0.357. The zero-order valence-electron chi connectivity index (χ0n) is 11.2. The van der Waals surface area contributed by atoms with Gasteiger partial charge in [0.25, 0.3) is 0 Å². The van der Waals surface area contributed by atoms with Crippen LogP contribution in [0.1, 0.15) is 6.92 Å². The van der Waals surface area contributed by atoms with E-state index in [0.29, 0.717) is 11.5 Å². The Hall–Kier alpha value is -1.97. The van der Waals surface area contributed by atoms with Gasteiger partial charge in [0.15, 0.2) is 11.9 Å². The molecule has 0 saturated carbocycles. The standard InChI is InChI=1S/C14H19NO3/c1-11(14(16)8-9-15(2)3)18-13-7-5-6-12(10-13)17-4/h5-11H,1-4H3/b9-8+/t11-/m1/s1. The molecule has 4 heteroatoms. The fourth-order valence-corrected chi connectivity index (χ4v) is 1.29. The zero-order chi connectivity index (χ0) is 13.5. The van der Waals surface area contributed by atoms with Gasteiger partial charge in [0, 0.05) is 32.4 Å². The first kappa shape index (κ1) is 14.1. The van der Waals surface area contributed by atoms with E-state index in [-0.39, 0.29) is 5.78 Å². The van der Waals surface area contributed by atoms with Crippen LogP contribution in [-0.4, -0.2) is 38.0 Å². The van der Waals surface area contributed by atoms with E-state index in [1.165, 1.54) is 6.08 Å². The molecular formula is C14H19NO3. The number of ketones is 1. The SMILES string of the molecule is COc1cccc(O[C@H](C)C(=O)/C=C/N(C)C)c1. The van der Waals surface area contributed by atoms with Gasteiger partial charge in [-0.15, -0.1) is 0 Å². The van der Waals surface area contributed by atoms with Gasteiger partial charge in [-0.1, -0.05) is 6.07 Å². The topological polar surface area (TPSA) is 38.8 Å². The maximum absolute atomic E-state index is 11.7. The van der Waals surface area contributed by atoms with Crippen molar-refractivity contribution in [1.82, 2.24) is 4.90 Å². The van der Waals surface area contributed by atoms with Gasteiger partial charge in [-0.25, -0.2) is 0 Å². The number of carbonyl (C=O) groups is 1. The number of methoxy groups -OCH3 is 1. The van der Waals surface area contributed by atoms with Crippen LogP contribution in [0.2, 0.25) is 0 Å². The Morgan fingerprint density at radius 1 is 1.33 bits per heavy atom. The van der Waals surface area contributed by atoms with Gasteiger partial charge in [-0.05, 0) is 19.1 Å². The van der Waals surface area contributed by atoms with Crippen molar-refractivity contribution in [2.45, 2.75) is 13.0 Å². The van der Waals surface area contributed by atoms with E-state index in [0.717, 1.165) is 0 Å². The van der Waals surface area contributed by atoms with Crippen molar-refractivity contribution in [3.05, 3.63) is 36.5 Å². The van der Waals surface area contributed by atoms with E-state index in [9.17, 15) is 4.79 Å². The van der Waals surface area contributed by atoms with E-state index >= 15 is 0 Å². The van der Waals surface area contributed by atoms with Crippen molar-refractivity contribution >= 4 is 5.78 Å². The van der Waals surface area contributed by atoms with Crippen LogP contribution in [0.4, 0.5) is 0 Å². The molecule has 0 radical (unpaired) electrons. The highest BCUT2D eigenvalue weighted by Gasteiger charge is 2.11. The fourth-order valence-electron chi connectivity index (χ4n) is 1.29. The molecule has 0 bridgehead atoms. The smallest absolute Gasteiger partial charge is 0.197 e. The Kier molecular flexibility index (Phi) is 5.24. The molecule has 0 aromatic heterocycles. The van der Waals surface area contributed by atoms with Crippen molar-refractivity contribution in [1.29, 1.82) is 0 Å². The molecule has 0 aliphatic rings. The highest BCUT2D eigenvalue weighted by molar-refractivity contribution is 5.93. The first-order chi connectivity index (χ1) is 8.52. The summed E-state index contributed by atoms with van der Waals surface area (Å²) >= 11 is 0. The monoisotopic (exact) mass is 249 g/mol. The Morgan fingerprint density at radius 3 is 2.61 bits per heavy atom. The lowest BCUT2D eigenvalue weighted by Crippen LogP contribution is -2.22. The van der Waals surface area contributed by atoms with Gasteiger partial charge >= 0.3 is 0 Å². The number of ether oxygens (including phenoxy) is 2. The first-order valence-electron chi connectivity index (χ1n) is 5.72. The number of rotatable bonds is 6. The van der Waals surface area contributed by atoms with Crippen LogP contribution in [0.3, 0.4) is 0 Å². The van der Waals surface area contributed by atoms with E-state index in [4.69, 9.17) is 9.47 Å². The predicted octanol–water partition coefficient (Wildman–Crippen LogP) is 2.11. The van der Waals surface area contributed by atoms with Crippen molar-refractivity contribution in [2.24, 2.45) is 0 Å². The second kappa shape index (κ2) is 6.69. The summed E-state index contributed by atoms with van der Waals surface area (Å²) in [6, 6.07) is 7.19. The minimum Gasteiger partial charge on any atom is -0.497 e. The van der Waals surface area contributed by atoms with Crippen LogP contribution in [0, 0.1) is 0 Å². The third kappa shape index (κ3) is 4.49. The van der Waals surface area contributed by atoms with Gasteiger partial charge in [-0.3, -0.25) is 4.79 Å². The average Bonchev–Trinajstić information content (AvgIpc) is 2.36. The number of hydrogen-bond acceptors (Lipinski definition) is 4. The lowest BCUT2D eigenvalue weighted by Gasteiger charge is -2.13. The maximum atomic E-state index is 11.7. The minimum atomic E-state index is -0.520. The Labute approximate surface area is 108 Å². The molecule has 1 aromatic carbocycles. The molecule has 0 aliphatic carbocycles. The van der Waals surface area contributed by atoms with Crippen LogP contribution in [0.25, 0.3) is 0 Å². The van der Waals surface area contributed by atoms with Gasteiger partial charge in [-0.2, -0.15) is 0 Å². The number of hydrogen-bond donors (Lipinski definition) is 0. The van der Waals surface area contributed by atoms with Crippen molar-refractivity contribution in [3.63, 3.8) is 0 Å². The summed E-state index contributed by atoms with van der Waals surface area (Å²) in [6.45, 7) is 1.72. The Morgan fingerprint density at radius 2 is 2.00 bits per heavy atom. The number of benzene rings is 1. The normalized spacial score (nSPS) is 12.2. The summed E-state index contributed by atoms with van der Waals surface area (Å²) in [5.74, 6) is 1.25. The van der Waals surface area contributed by atoms with Gasteiger partial charge < -0.3 is 14.4 Å². The molecule has 0 N–H and O–H groups in total. The minimum absolute atomic E-state index is 0.0773. The molecule has 4 nitrogen and oxygen atoms in total. The molecule has 1 aromatic rings. The molecule has 0 spiro atoms. The third-order valence-electron chi connectivity index (χ3n) is 2.29. The highest BCUT2D eigenvalue weighted by atomic mass is 16.5. The van der Waals surface area contributed by atoms with Crippen molar-refractivity contribution < 1.29 is 14.3 Å². The molecule has 0 saturated heterocycles. The Bertz CT molecular complexity index is 427. The highest BCUT2D eigenvalue weighted by Crippen LogP contribution is 2.20. The van der Waals surface area contributed by atoms with Gasteiger partial charge in [0.05, 0.1) is 7.11 Å². The molecule has 0 heterocycles. The molecule has 0 unspecified atom stereocenters. The molecule has 0 fully saturated rings. The van der Waals surface area contributed by atoms with Crippen molar-refractivity contribution in [3.8, 4) is 11.5 Å². The van der Waals surface area contributed by atoms with E-state index in [1.54, 1.807) is 37.3 Å². The molecule has 0 aliphatic heterocycles. The second-order valence-corrected chi connectivity index (χ2v) is 4.12. The predicted molar refractivity (Wildman–Crippen MR) is 70.9 cm³/mol. The average molecular weight is 249 g/mol. The van der Waals surface area contributed by atoms with Crippen LogP contribution in [-0.2, 0) is 4.79 Å². The molecule has 18 heavy (non-hydrogen) atoms.